The maximum Gasteiger partial charge on any atom is 0.199 e. The van der Waals surface area contributed by atoms with Crippen molar-refractivity contribution in [1.82, 2.24) is 4.90 Å². The van der Waals surface area contributed by atoms with Crippen LogP contribution in [-0.2, 0) is 0 Å². The van der Waals surface area contributed by atoms with Crippen molar-refractivity contribution in [3.8, 4) is 0 Å². The summed E-state index contributed by atoms with van der Waals surface area (Å²) in [7, 11) is 0. The zero-order valence-electron chi connectivity index (χ0n) is 11.9. The maximum atomic E-state index is 12.1. The molecule has 2 aromatic rings. The minimum absolute atomic E-state index is 0.0840. The number of benzene rings is 1. The van der Waals surface area contributed by atoms with Gasteiger partial charge in [-0.25, -0.2) is 0 Å². The van der Waals surface area contributed by atoms with Crippen LogP contribution in [0.15, 0.2) is 28.7 Å². The summed E-state index contributed by atoms with van der Waals surface area (Å²) in [4.78, 5) is 14.4. The topological polar surface area (TPSA) is 33.5 Å². The highest BCUT2D eigenvalue weighted by atomic mass is 16.3. The molecule has 1 aromatic carbocycles. The Labute approximate surface area is 114 Å². The summed E-state index contributed by atoms with van der Waals surface area (Å²) < 4.78 is 5.62. The lowest BCUT2D eigenvalue weighted by atomic mass is 10.1. The van der Waals surface area contributed by atoms with Crippen molar-refractivity contribution in [3.63, 3.8) is 0 Å². The number of furan rings is 1. The Bertz CT molecular complexity index is 567. The summed E-state index contributed by atoms with van der Waals surface area (Å²) in [6.07, 6.45) is 0.514. The Hall–Kier alpha value is -1.61. The van der Waals surface area contributed by atoms with Crippen LogP contribution >= 0.6 is 0 Å². The van der Waals surface area contributed by atoms with Gasteiger partial charge in [0.15, 0.2) is 11.5 Å². The van der Waals surface area contributed by atoms with Crippen LogP contribution in [0.3, 0.4) is 0 Å². The van der Waals surface area contributed by atoms with Crippen molar-refractivity contribution in [1.29, 1.82) is 0 Å². The second-order valence-corrected chi connectivity index (χ2v) is 4.85. The molecule has 0 N–H and O–H groups in total. The smallest absolute Gasteiger partial charge is 0.199 e. The van der Waals surface area contributed by atoms with Crippen LogP contribution in [0, 0.1) is 6.92 Å². The normalized spacial score (nSPS) is 11.4. The molecule has 0 bridgehead atoms. The van der Waals surface area contributed by atoms with Crippen LogP contribution in [-0.4, -0.2) is 30.3 Å². The van der Waals surface area contributed by atoms with Gasteiger partial charge in [-0.2, -0.15) is 0 Å². The van der Waals surface area contributed by atoms with Crippen LogP contribution in [0.4, 0.5) is 0 Å². The van der Waals surface area contributed by atoms with Crippen molar-refractivity contribution < 1.29 is 9.21 Å². The summed E-state index contributed by atoms with van der Waals surface area (Å²) in [5.41, 5.74) is 1.97. The average Bonchev–Trinajstić information content (AvgIpc) is 2.82. The quantitative estimate of drug-likeness (QED) is 0.742. The first-order valence-electron chi connectivity index (χ1n) is 6.89. The van der Waals surface area contributed by atoms with Crippen LogP contribution < -0.4 is 0 Å². The molecule has 0 fully saturated rings. The molecule has 0 unspecified atom stereocenters. The first-order valence-corrected chi connectivity index (χ1v) is 6.89. The van der Waals surface area contributed by atoms with Gasteiger partial charge in [-0.1, -0.05) is 25.5 Å². The highest BCUT2D eigenvalue weighted by molar-refractivity contribution is 5.97. The summed E-state index contributed by atoms with van der Waals surface area (Å²) in [6, 6.07) is 7.81. The molecule has 0 aliphatic rings. The van der Waals surface area contributed by atoms with E-state index in [4.69, 9.17) is 4.42 Å². The van der Waals surface area contributed by atoms with Crippen LogP contribution in [0.25, 0.3) is 11.0 Å². The van der Waals surface area contributed by atoms with Crippen molar-refractivity contribution in [2.75, 3.05) is 19.6 Å². The molecule has 1 heterocycles. The third kappa shape index (κ3) is 3.24. The second-order valence-electron chi connectivity index (χ2n) is 4.85. The number of carbonyl (C=O) groups excluding carboxylic acids is 1. The molecule has 2 rings (SSSR count). The van der Waals surface area contributed by atoms with Gasteiger partial charge in [-0.05, 0) is 38.2 Å². The molecule has 102 valence electrons. The molecule has 0 saturated heterocycles. The summed E-state index contributed by atoms with van der Waals surface area (Å²) in [5, 5.41) is 1.01. The molecule has 0 radical (unpaired) electrons. The lowest BCUT2D eigenvalue weighted by Crippen LogP contribution is -2.25. The fourth-order valence-corrected chi connectivity index (χ4v) is 2.22. The number of hydrogen-bond acceptors (Lipinski definition) is 3. The molecular weight excluding hydrogens is 238 g/mol. The molecule has 0 aliphatic heterocycles. The minimum Gasteiger partial charge on any atom is -0.453 e. The minimum atomic E-state index is 0.0840. The van der Waals surface area contributed by atoms with Gasteiger partial charge < -0.3 is 9.32 Å². The number of rotatable bonds is 6. The monoisotopic (exact) mass is 259 g/mol. The fourth-order valence-electron chi connectivity index (χ4n) is 2.22. The lowest BCUT2D eigenvalue weighted by Gasteiger charge is -2.16. The van der Waals surface area contributed by atoms with Crippen LogP contribution in [0.2, 0.25) is 0 Å². The van der Waals surface area contributed by atoms with E-state index in [-0.39, 0.29) is 5.78 Å². The average molecular weight is 259 g/mol. The van der Waals surface area contributed by atoms with E-state index < -0.39 is 0 Å². The zero-order valence-corrected chi connectivity index (χ0v) is 11.9. The Balaban J connectivity index is 2.09. The number of Topliss-reactive ketones (excluding diaryl/α,β-unsaturated/α-hetero) is 1. The number of nitrogens with zero attached hydrogens (tertiary/aromatic N) is 1. The van der Waals surface area contributed by atoms with Gasteiger partial charge in [0.2, 0.25) is 0 Å². The molecule has 19 heavy (non-hydrogen) atoms. The number of hydrogen-bond donors (Lipinski definition) is 0. The van der Waals surface area contributed by atoms with Crippen molar-refractivity contribution in [2.24, 2.45) is 0 Å². The van der Waals surface area contributed by atoms with Gasteiger partial charge in [0, 0.05) is 18.4 Å². The third-order valence-corrected chi connectivity index (χ3v) is 3.50. The molecule has 0 spiro atoms. The molecular formula is C16H21NO2. The van der Waals surface area contributed by atoms with Crippen molar-refractivity contribution in [3.05, 3.63) is 35.6 Å². The second kappa shape index (κ2) is 6.02. The highest BCUT2D eigenvalue weighted by Gasteiger charge is 2.13. The van der Waals surface area contributed by atoms with E-state index in [2.05, 4.69) is 18.7 Å². The maximum absolute atomic E-state index is 12.1. The van der Waals surface area contributed by atoms with Gasteiger partial charge in [0.25, 0.3) is 0 Å². The van der Waals surface area contributed by atoms with E-state index >= 15 is 0 Å². The number of carbonyl (C=O) groups is 1. The SMILES string of the molecule is CCN(CC)CCC(=O)c1cc2cc(C)ccc2o1. The summed E-state index contributed by atoms with van der Waals surface area (Å²) in [5.74, 6) is 0.563. The van der Waals surface area contributed by atoms with Gasteiger partial charge in [0.1, 0.15) is 5.58 Å². The molecule has 0 aliphatic carbocycles. The Morgan fingerprint density at radius 2 is 1.95 bits per heavy atom. The molecule has 0 amide bonds. The third-order valence-electron chi connectivity index (χ3n) is 3.50. The molecule has 0 atom stereocenters. The molecule has 1 aromatic heterocycles. The van der Waals surface area contributed by atoms with Crippen LogP contribution in [0.5, 0.6) is 0 Å². The first kappa shape index (κ1) is 13.8. The number of fused-ring (bicyclic) bond motifs is 1. The van der Waals surface area contributed by atoms with E-state index in [9.17, 15) is 4.79 Å². The van der Waals surface area contributed by atoms with Gasteiger partial charge >= 0.3 is 0 Å². The number of aryl methyl sites for hydroxylation is 1. The molecule has 3 nitrogen and oxygen atoms in total. The zero-order chi connectivity index (χ0) is 13.8. The van der Waals surface area contributed by atoms with E-state index in [1.165, 1.54) is 5.56 Å². The Morgan fingerprint density at radius 3 is 2.63 bits per heavy atom. The summed E-state index contributed by atoms with van der Waals surface area (Å²) in [6.45, 7) is 9.00. The van der Waals surface area contributed by atoms with E-state index in [1.807, 2.05) is 31.2 Å². The van der Waals surface area contributed by atoms with E-state index in [0.29, 0.717) is 12.2 Å². The fraction of sp³-hybridized carbons (Fsp3) is 0.438. The number of ketones is 1. The largest absolute Gasteiger partial charge is 0.453 e. The van der Waals surface area contributed by atoms with Gasteiger partial charge in [-0.3, -0.25) is 4.79 Å². The van der Waals surface area contributed by atoms with Crippen LogP contribution in [0.1, 0.15) is 36.4 Å². The molecule has 0 saturated carbocycles. The predicted octanol–water partition coefficient (Wildman–Crippen LogP) is 3.66. The highest BCUT2D eigenvalue weighted by Crippen LogP contribution is 2.21. The standard InChI is InChI=1S/C16H21NO2/c1-4-17(5-2)9-8-14(18)16-11-13-10-12(3)6-7-15(13)19-16/h6-7,10-11H,4-5,8-9H2,1-3H3. The summed E-state index contributed by atoms with van der Waals surface area (Å²) >= 11 is 0. The Morgan fingerprint density at radius 1 is 1.21 bits per heavy atom. The first-order chi connectivity index (χ1) is 9.13. The van der Waals surface area contributed by atoms with E-state index in [0.717, 1.165) is 30.6 Å². The van der Waals surface area contributed by atoms with Gasteiger partial charge in [0.05, 0.1) is 0 Å². The Kier molecular flexibility index (Phi) is 4.38. The van der Waals surface area contributed by atoms with E-state index in [1.54, 1.807) is 0 Å². The van der Waals surface area contributed by atoms with Crippen molar-refractivity contribution >= 4 is 16.8 Å². The van der Waals surface area contributed by atoms with Gasteiger partial charge in [-0.15, -0.1) is 0 Å². The van der Waals surface area contributed by atoms with Crippen molar-refractivity contribution in [2.45, 2.75) is 27.2 Å². The molecule has 3 heteroatoms. The lowest BCUT2D eigenvalue weighted by molar-refractivity contribution is 0.0941. The predicted molar refractivity (Wildman–Crippen MR) is 77.7 cm³/mol.